The average Bonchev–Trinajstić information content (AvgIpc) is 2.62. The molecule has 2 aromatic rings. The molecule has 4 heteroatoms. The average molecular weight is 339 g/mol. The molecule has 0 amide bonds. The van der Waals surface area contributed by atoms with Crippen LogP contribution in [0.5, 0.6) is 0 Å². The molecule has 1 aromatic carbocycles. The van der Waals surface area contributed by atoms with E-state index in [1.165, 1.54) is 11.1 Å². The second kappa shape index (κ2) is 7.98. The van der Waals surface area contributed by atoms with Crippen molar-refractivity contribution in [2.45, 2.75) is 32.6 Å². The summed E-state index contributed by atoms with van der Waals surface area (Å²) < 4.78 is 6.39. The van der Waals surface area contributed by atoms with Gasteiger partial charge in [-0.05, 0) is 23.1 Å². The highest BCUT2D eigenvalue weighted by molar-refractivity contribution is 5.37. The lowest BCUT2D eigenvalue weighted by atomic mass is 10.0. The SMILES string of the molecule is CC(C)[C@H]1CN(Cc2ccc(N(C)C)nc2)C[C@@H](c2ccccc2)O1. The third-order valence-corrected chi connectivity index (χ3v) is 4.79. The van der Waals surface area contributed by atoms with E-state index in [2.05, 4.69) is 66.2 Å². The normalized spacial score (nSPS) is 21.5. The second-order valence-electron chi connectivity index (χ2n) is 7.43. The Balaban J connectivity index is 1.73. The molecule has 0 unspecified atom stereocenters. The lowest BCUT2D eigenvalue weighted by Crippen LogP contribution is -2.45. The molecule has 0 aliphatic carbocycles. The van der Waals surface area contributed by atoms with E-state index in [0.29, 0.717) is 5.92 Å². The van der Waals surface area contributed by atoms with Gasteiger partial charge in [-0.25, -0.2) is 4.98 Å². The zero-order valence-corrected chi connectivity index (χ0v) is 15.7. The zero-order valence-electron chi connectivity index (χ0n) is 15.7. The Morgan fingerprint density at radius 2 is 1.88 bits per heavy atom. The van der Waals surface area contributed by atoms with Crippen LogP contribution in [-0.4, -0.2) is 43.2 Å². The molecule has 0 radical (unpaired) electrons. The molecule has 0 spiro atoms. The van der Waals surface area contributed by atoms with Gasteiger partial charge in [0.05, 0.1) is 12.2 Å². The number of morpholine rings is 1. The number of rotatable bonds is 5. The van der Waals surface area contributed by atoms with E-state index in [0.717, 1.165) is 25.5 Å². The third-order valence-electron chi connectivity index (χ3n) is 4.79. The van der Waals surface area contributed by atoms with Crippen LogP contribution < -0.4 is 4.90 Å². The fourth-order valence-corrected chi connectivity index (χ4v) is 3.24. The van der Waals surface area contributed by atoms with E-state index in [9.17, 15) is 0 Å². The van der Waals surface area contributed by atoms with Crippen LogP contribution in [0, 0.1) is 5.92 Å². The second-order valence-corrected chi connectivity index (χ2v) is 7.43. The van der Waals surface area contributed by atoms with Gasteiger partial charge >= 0.3 is 0 Å². The first-order valence-electron chi connectivity index (χ1n) is 9.08. The number of nitrogens with zero attached hydrogens (tertiary/aromatic N) is 3. The predicted molar refractivity (Wildman–Crippen MR) is 103 cm³/mol. The zero-order chi connectivity index (χ0) is 17.8. The van der Waals surface area contributed by atoms with Crippen molar-refractivity contribution in [1.82, 2.24) is 9.88 Å². The summed E-state index contributed by atoms with van der Waals surface area (Å²) in [5.41, 5.74) is 2.51. The first-order chi connectivity index (χ1) is 12.0. The topological polar surface area (TPSA) is 28.6 Å². The molecule has 0 saturated carbocycles. The van der Waals surface area contributed by atoms with Gasteiger partial charge in [0, 0.05) is 39.9 Å². The van der Waals surface area contributed by atoms with Crippen molar-refractivity contribution in [3.63, 3.8) is 0 Å². The van der Waals surface area contributed by atoms with Crippen molar-refractivity contribution in [2.24, 2.45) is 5.92 Å². The van der Waals surface area contributed by atoms with Gasteiger partial charge in [0.1, 0.15) is 5.82 Å². The van der Waals surface area contributed by atoms with Crippen molar-refractivity contribution in [1.29, 1.82) is 0 Å². The molecule has 1 fully saturated rings. The number of ether oxygens (including phenoxy) is 1. The summed E-state index contributed by atoms with van der Waals surface area (Å²) in [4.78, 5) is 9.07. The van der Waals surface area contributed by atoms with E-state index in [1.54, 1.807) is 0 Å². The van der Waals surface area contributed by atoms with Gasteiger partial charge in [-0.15, -0.1) is 0 Å². The standard InChI is InChI=1S/C21H29N3O/c1-16(2)19-14-24(13-17-10-11-21(22-12-17)23(3)4)15-20(25-19)18-8-6-5-7-9-18/h5-12,16,19-20H,13-15H2,1-4H3/t19-,20+/m1/s1. The van der Waals surface area contributed by atoms with Gasteiger partial charge in [-0.3, -0.25) is 4.90 Å². The summed E-state index contributed by atoms with van der Waals surface area (Å²) in [5, 5.41) is 0. The lowest BCUT2D eigenvalue weighted by molar-refractivity contribution is -0.107. The highest BCUT2D eigenvalue weighted by Crippen LogP contribution is 2.29. The molecule has 0 bridgehead atoms. The van der Waals surface area contributed by atoms with Crippen molar-refractivity contribution < 1.29 is 4.74 Å². The Bertz CT molecular complexity index is 655. The van der Waals surface area contributed by atoms with Gasteiger partial charge in [0.25, 0.3) is 0 Å². The summed E-state index contributed by atoms with van der Waals surface area (Å²) >= 11 is 0. The molecule has 0 N–H and O–H groups in total. The Kier molecular flexibility index (Phi) is 5.71. The maximum absolute atomic E-state index is 6.39. The summed E-state index contributed by atoms with van der Waals surface area (Å²) in [6.45, 7) is 7.28. The van der Waals surface area contributed by atoms with Crippen molar-refractivity contribution in [2.75, 3.05) is 32.1 Å². The summed E-state index contributed by atoms with van der Waals surface area (Å²) in [6, 6.07) is 14.8. The number of anilines is 1. The quantitative estimate of drug-likeness (QED) is 0.829. The van der Waals surface area contributed by atoms with Crippen LogP contribution in [0.25, 0.3) is 0 Å². The fraction of sp³-hybridized carbons (Fsp3) is 0.476. The largest absolute Gasteiger partial charge is 0.367 e. The molecule has 2 atom stereocenters. The molecule has 1 aliphatic heterocycles. The molecule has 4 nitrogen and oxygen atoms in total. The Morgan fingerprint density at radius 3 is 2.48 bits per heavy atom. The Labute approximate surface area is 151 Å². The minimum absolute atomic E-state index is 0.136. The number of aromatic nitrogens is 1. The van der Waals surface area contributed by atoms with E-state index in [4.69, 9.17) is 4.74 Å². The van der Waals surface area contributed by atoms with E-state index in [-0.39, 0.29) is 12.2 Å². The minimum Gasteiger partial charge on any atom is -0.367 e. The first-order valence-corrected chi connectivity index (χ1v) is 9.08. The molecule has 1 aliphatic rings. The predicted octanol–water partition coefficient (Wildman–Crippen LogP) is 3.75. The van der Waals surface area contributed by atoms with Crippen LogP contribution in [-0.2, 0) is 11.3 Å². The monoisotopic (exact) mass is 339 g/mol. The molecule has 2 heterocycles. The smallest absolute Gasteiger partial charge is 0.127 e. The van der Waals surface area contributed by atoms with Crippen molar-refractivity contribution in [3.05, 3.63) is 59.8 Å². The van der Waals surface area contributed by atoms with Gasteiger partial charge < -0.3 is 9.64 Å². The molecule has 1 saturated heterocycles. The number of hydrogen-bond acceptors (Lipinski definition) is 4. The van der Waals surface area contributed by atoms with E-state index >= 15 is 0 Å². The molecule has 3 rings (SSSR count). The molecule has 134 valence electrons. The van der Waals surface area contributed by atoms with Crippen LogP contribution in [0.2, 0.25) is 0 Å². The number of benzene rings is 1. The van der Waals surface area contributed by atoms with Crippen LogP contribution in [0.15, 0.2) is 48.7 Å². The summed E-state index contributed by atoms with van der Waals surface area (Å²) in [5.74, 6) is 1.50. The third kappa shape index (κ3) is 4.59. The van der Waals surface area contributed by atoms with E-state index in [1.807, 2.05) is 25.2 Å². The number of pyridine rings is 1. The first kappa shape index (κ1) is 17.9. The molecular formula is C21H29N3O. The maximum Gasteiger partial charge on any atom is 0.127 e. The summed E-state index contributed by atoms with van der Waals surface area (Å²) in [7, 11) is 4.03. The van der Waals surface area contributed by atoms with E-state index < -0.39 is 0 Å². The van der Waals surface area contributed by atoms with Crippen molar-refractivity contribution in [3.8, 4) is 0 Å². The molecule has 1 aromatic heterocycles. The van der Waals surface area contributed by atoms with Gasteiger partial charge in [-0.1, -0.05) is 50.2 Å². The van der Waals surface area contributed by atoms with Crippen LogP contribution in [0.4, 0.5) is 5.82 Å². The van der Waals surface area contributed by atoms with Gasteiger partial charge in [0.2, 0.25) is 0 Å². The molecule has 25 heavy (non-hydrogen) atoms. The Morgan fingerprint density at radius 1 is 1.12 bits per heavy atom. The van der Waals surface area contributed by atoms with Crippen molar-refractivity contribution >= 4 is 5.82 Å². The van der Waals surface area contributed by atoms with Gasteiger partial charge in [-0.2, -0.15) is 0 Å². The Hall–Kier alpha value is -1.91. The maximum atomic E-state index is 6.39. The minimum atomic E-state index is 0.136. The highest BCUT2D eigenvalue weighted by Gasteiger charge is 2.30. The van der Waals surface area contributed by atoms with Crippen LogP contribution in [0.1, 0.15) is 31.1 Å². The van der Waals surface area contributed by atoms with Crippen LogP contribution in [0.3, 0.4) is 0 Å². The lowest BCUT2D eigenvalue weighted by Gasteiger charge is -2.40. The molecular weight excluding hydrogens is 310 g/mol. The summed E-state index contributed by atoms with van der Waals surface area (Å²) in [6.07, 6.45) is 2.39. The number of hydrogen-bond donors (Lipinski definition) is 0. The fourth-order valence-electron chi connectivity index (χ4n) is 3.24. The van der Waals surface area contributed by atoms with Crippen LogP contribution >= 0.6 is 0 Å². The highest BCUT2D eigenvalue weighted by atomic mass is 16.5. The van der Waals surface area contributed by atoms with Gasteiger partial charge in [0.15, 0.2) is 0 Å².